The molecule has 1 fully saturated rings. The number of alkyl halides is 3. The number of benzene rings is 1. The van der Waals surface area contributed by atoms with Gasteiger partial charge < -0.3 is 9.47 Å². The summed E-state index contributed by atoms with van der Waals surface area (Å²) in [5.74, 6) is -0.583. The first-order chi connectivity index (χ1) is 7.97. The Bertz CT molecular complexity index is 370. The molecule has 0 aliphatic carbocycles. The van der Waals surface area contributed by atoms with Crippen molar-refractivity contribution in [3.63, 3.8) is 0 Å². The van der Waals surface area contributed by atoms with Gasteiger partial charge in [0.25, 0.3) is 0 Å². The van der Waals surface area contributed by atoms with Gasteiger partial charge in [-0.2, -0.15) is 13.2 Å². The van der Waals surface area contributed by atoms with Gasteiger partial charge in [0, 0.05) is 0 Å². The van der Waals surface area contributed by atoms with E-state index in [4.69, 9.17) is 9.47 Å². The van der Waals surface area contributed by atoms with E-state index in [0.717, 1.165) is 24.3 Å². The van der Waals surface area contributed by atoms with E-state index in [0.29, 0.717) is 6.61 Å². The van der Waals surface area contributed by atoms with Crippen LogP contribution in [0.5, 0.6) is 0 Å². The van der Waals surface area contributed by atoms with Crippen LogP contribution >= 0.6 is 0 Å². The molecule has 0 amide bonds. The van der Waals surface area contributed by atoms with Crippen molar-refractivity contribution in [2.75, 3.05) is 13.2 Å². The maximum absolute atomic E-state index is 12.7. The zero-order valence-corrected chi connectivity index (χ0v) is 8.71. The van der Waals surface area contributed by atoms with Crippen LogP contribution in [0, 0.1) is 5.82 Å². The van der Waals surface area contributed by atoms with Crippen LogP contribution in [-0.4, -0.2) is 25.5 Å². The van der Waals surface area contributed by atoms with Crippen LogP contribution in [0.15, 0.2) is 24.3 Å². The van der Waals surface area contributed by atoms with Gasteiger partial charge in [0.05, 0.1) is 13.2 Å². The predicted octanol–water partition coefficient (Wildman–Crippen LogP) is 2.84. The lowest BCUT2D eigenvalue weighted by Gasteiger charge is -2.20. The minimum Gasteiger partial charge on any atom is -0.371 e. The van der Waals surface area contributed by atoms with Gasteiger partial charge in [-0.05, 0) is 17.7 Å². The van der Waals surface area contributed by atoms with Gasteiger partial charge in [-0.1, -0.05) is 12.1 Å². The number of epoxide rings is 1. The number of rotatable bonds is 4. The van der Waals surface area contributed by atoms with E-state index >= 15 is 0 Å². The Balaban J connectivity index is 2.10. The molecule has 1 aromatic carbocycles. The molecule has 2 rings (SSSR count). The van der Waals surface area contributed by atoms with Crippen LogP contribution in [0.2, 0.25) is 0 Å². The summed E-state index contributed by atoms with van der Waals surface area (Å²) in [6, 6.07) is 4.10. The third-order valence-corrected chi connectivity index (χ3v) is 2.32. The summed E-state index contributed by atoms with van der Waals surface area (Å²) >= 11 is 0. The highest BCUT2D eigenvalue weighted by Gasteiger charge is 2.42. The molecule has 6 heteroatoms. The Morgan fingerprint density at radius 2 is 1.88 bits per heavy atom. The smallest absolute Gasteiger partial charge is 0.371 e. The van der Waals surface area contributed by atoms with E-state index in [1.807, 2.05) is 0 Å². The van der Waals surface area contributed by atoms with Crippen molar-refractivity contribution in [1.82, 2.24) is 0 Å². The van der Waals surface area contributed by atoms with Gasteiger partial charge >= 0.3 is 6.18 Å². The number of halogens is 4. The lowest BCUT2D eigenvalue weighted by molar-refractivity contribution is -0.224. The van der Waals surface area contributed by atoms with Gasteiger partial charge in [-0.3, -0.25) is 0 Å². The van der Waals surface area contributed by atoms with Crippen LogP contribution in [0.3, 0.4) is 0 Å². The normalized spacial score (nSPS) is 21.3. The zero-order chi connectivity index (χ0) is 12.5. The topological polar surface area (TPSA) is 21.8 Å². The average Bonchev–Trinajstić information content (AvgIpc) is 3.03. The summed E-state index contributed by atoms with van der Waals surface area (Å²) in [5.41, 5.74) is -0.112. The first-order valence-corrected chi connectivity index (χ1v) is 5.02. The maximum Gasteiger partial charge on any atom is 0.418 e. The highest BCUT2D eigenvalue weighted by molar-refractivity contribution is 5.20. The highest BCUT2D eigenvalue weighted by atomic mass is 19.4. The molecule has 0 aromatic heterocycles. The molecule has 0 saturated carbocycles. The number of hydrogen-bond donors (Lipinski definition) is 0. The Morgan fingerprint density at radius 1 is 1.29 bits per heavy atom. The summed E-state index contributed by atoms with van der Waals surface area (Å²) in [4.78, 5) is 0. The summed E-state index contributed by atoms with van der Waals surface area (Å²) in [5, 5.41) is 0. The molecule has 94 valence electrons. The second kappa shape index (κ2) is 4.62. The molecule has 0 radical (unpaired) electrons. The minimum absolute atomic E-state index is 0.110. The van der Waals surface area contributed by atoms with Crippen LogP contribution in [0.1, 0.15) is 11.7 Å². The molecule has 0 unspecified atom stereocenters. The SMILES string of the molecule is Fc1ccc([C@@H](OC[C@H]2CO2)C(F)(F)F)cc1. The van der Waals surface area contributed by atoms with E-state index in [1.165, 1.54) is 0 Å². The van der Waals surface area contributed by atoms with Gasteiger partial charge in [-0.15, -0.1) is 0 Å². The van der Waals surface area contributed by atoms with Gasteiger partial charge in [-0.25, -0.2) is 4.39 Å². The van der Waals surface area contributed by atoms with Crippen LogP contribution < -0.4 is 0 Å². The van der Waals surface area contributed by atoms with Crippen molar-refractivity contribution >= 4 is 0 Å². The molecule has 1 heterocycles. The Kier molecular flexibility index (Phi) is 3.35. The summed E-state index contributed by atoms with van der Waals surface area (Å²) in [7, 11) is 0. The van der Waals surface area contributed by atoms with Crippen molar-refractivity contribution in [3.05, 3.63) is 35.6 Å². The van der Waals surface area contributed by atoms with Crippen molar-refractivity contribution < 1.29 is 27.0 Å². The van der Waals surface area contributed by atoms with Crippen molar-refractivity contribution in [3.8, 4) is 0 Å². The van der Waals surface area contributed by atoms with Crippen LogP contribution in [0.25, 0.3) is 0 Å². The molecular formula is C11H10F4O2. The molecule has 0 bridgehead atoms. The predicted molar refractivity (Wildman–Crippen MR) is 50.9 cm³/mol. The second-order valence-electron chi connectivity index (χ2n) is 3.76. The fraction of sp³-hybridized carbons (Fsp3) is 0.455. The zero-order valence-electron chi connectivity index (χ0n) is 8.71. The Labute approximate surface area is 95.1 Å². The molecular weight excluding hydrogens is 240 g/mol. The van der Waals surface area contributed by atoms with E-state index in [2.05, 4.69) is 0 Å². The largest absolute Gasteiger partial charge is 0.418 e. The average molecular weight is 250 g/mol. The number of ether oxygens (including phenoxy) is 2. The molecule has 17 heavy (non-hydrogen) atoms. The third kappa shape index (κ3) is 3.41. The fourth-order valence-corrected chi connectivity index (χ4v) is 1.39. The fourth-order valence-electron chi connectivity index (χ4n) is 1.39. The lowest BCUT2D eigenvalue weighted by Crippen LogP contribution is -2.25. The summed E-state index contributed by atoms with van der Waals surface area (Å²) < 4.78 is 60.3. The maximum atomic E-state index is 12.7. The monoisotopic (exact) mass is 250 g/mol. The molecule has 0 spiro atoms. The van der Waals surface area contributed by atoms with Gasteiger partial charge in [0.1, 0.15) is 11.9 Å². The number of hydrogen-bond acceptors (Lipinski definition) is 2. The molecule has 1 aromatic rings. The Hall–Kier alpha value is -1.14. The van der Waals surface area contributed by atoms with Crippen molar-refractivity contribution in [1.29, 1.82) is 0 Å². The molecule has 1 aliphatic rings. The minimum atomic E-state index is -4.52. The van der Waals surface area contributed by atoms with Crippen molar-refractivity contribution in [2.24, 2.45) is 0 Å². The van der Waals surface area contributed by atoms with E-state index < -0.39 is 18.1 Å². The van der Waals surface area contributed by atoms with Crippen molar-refractivity contribution in [2.45, 2.75) is 18.4 Å². The highest BCUT2D eigenvalue weighted by Crippen LogP contribution is 2.36. The first-order valence-electron chi connectivity index (χ1n) is 5.02. The molecule has 2 atom stereocenters. The van der Waals surface area contributed by atoms with Gasteiger partial charge in [0.15, 0.2) is 6.10 Å². The first kappa shape index (κ1) is 12.3. The molecule has 1 saturated heterocycles. The van der Waals surface area contributed by atoms with Gasteiger partial charge in [0.2, 0.25) is 0 Å². The summed E-state index contributed by atoms with van der Waals surface area (Å²) in [6.45, 7) is 0.315. The third-order valence-electron chi connectivity index (χ3n) is 2.32. The summed E-state index contributed by atoms with van der Waals surface area (Å²) in [6.07, 6.45) is -6.81. The Morgan fingerprint density at radius 3 is 2.35 bits per heavy atom. The van der Waals surface area contributed by atoms with E-state index in [9.17, 15) is 17.6 Å². The lowest BCUT2D eigenvalue weighted by atomic mass is 10.1. The van der Waals surface area contributed by atoms with Crippen LogP contribution in [0.4, 0.5) is 17.6 Å². The standard InChI is InChI=1S/C11H10F4O2/c12-8-3-1-7(2-4-8)10(11(13,14)15)17-6-9-5-16-9/h1-4,9-10H,5-6H2/t9-,10-/m1/s1. The molecule has 2 nitrogen and oxygen atoms in total. The van der Waals surface area contributed by atoms with E-state index in [1.54, 1.807) is 0 Å². The molecule has 1 aliphatic heterocycles. The van der Waals surface area contributed by atoms with Crippen LogP contribution in [-0.2, 0) is 9.47 Å². The quantitative estimate of drug-likeness (QED) is 0.605. The molecule has 0 N–H and O–H groups in total. The van der Waals surface area contributed by atoms with E-state index in [-0.39, 0.29) is 18.3 Å². The second-order valence-corrected chi connectivity index (χ2v) is 3.76.